The Morgan fingerprint density at radius 1 is 1.04 bits per heavy atom. The fraction of sp³-hybridized carbons (Fsp3) is 0.571. The van der Waals surface area contributed by atoms with Gasteiger partial charge in [0, 0.05) is 74.2 Å². The summed E-state index contributed by atoms with van der Waals surface area (Å²) in [6, 6.07) is 13.5. The van der Waals surface area contributed by atoms with Crippen molar-refractivity contribution in [3.63, 3.8) is 0 Å². The number of nitrogens with one attached hydrogen (secondary N) is 1. The summed E-state index contributed by atoms with van der Waals surface area (Å²) < 4.78 is 22.5. The van der Waals surface area contributed by atoms with Gasteiger partial charge in [-0.1, -0.05) is 50.1 Å². The van der Waals surface area contributed by atoms with Crippen LogP contribution in [0.3, 0.4) is 0 Å². The molecule has 1 saturated heterocycles. The Bertz CT molecular complexity index is 1660. The molecule has 2 aromatic carbocycles. The average molecular weight is 781 g/mol. The number of hydrogen-bond acceptors (Lipinski definition) is 8. The summed E-state index contributed by atoms with van der Waals surface area (Å²) in [5, 5.41) is 2.75. The first-order valence-corrected chi connectivity index (χ1v) is 22.1. The number of ether oxygens (including phenoxy) is 1. The Labute approximate surface area is 328 Å². The maximum atomic E-state index is 13.3. The molecule has 1 amide bonds. The van der Waals surface area contributed by atoms with Crippen molar-refractivity contribution in [1.29, 1.82) is 0 Å². The summed E-state index contributed by atoms with van der Waals surface area (Å²) in [6.45, 7) is 15.0. The first kappa shape index (κ1) is 40.1. The van der Waals surface area contributed by atoms with E-state index in [4.69, 9.17) is 16.3 Å². The smallest absolute Gasteiger partial charge is 0.262 e. The van der Waals surface area contributed by atoms with E-state index in [-0.39, 0.29) is 23.0 Å². The van der Waals surface area contributed by atoms with Gasteiger partial charge in [-0.15, -0.1) is 11.3 Å². The van der Waals surface area contributed by atoms with Crippen molar-refractivity contribution in [3.8, 4) is 5.75 Å². The molecule has 0 radical (unpaired) electrons. The number of halogens is 1. The second kappa shape index (κ2) is 19.3. The van der Waals surface area contributed by atoms with E-state index in [1.165, 1.54) is 29.7 Å². The Balaban J connectivity index is 1.21. The van der Waals surface area contributed by atoms with Gasteiger partial charge in [0.15, 0.2) is 0 Å². The van der Waals surface area contributed by atoms with Crippen LogP contribution in [0.15, 0.2) is 65.5 Å². The Morgan fingerprint density at radius 2 is 1.81 bits per heavy atom. The van der Waals surface area contributed by atoms with Gasteiger partial charge in [0.05, 0.1) is 23.1 Å². The number of carbonyl (C=O) groups is 1. The van der Waals surface area contributed by atoms with Crippen LogP contribution in [0.4, 0.5) is 0 Å². The van der Waals surface area contributed by atoms with Crippen LogP contribution in [-0.2, 0) is 24.0 Å². The molecule has 11 heteroatoms. The van der Waals surface area contributed by atoms with Crippen molar-refractivity contribution in [2.24, 2.45) is 23.7 Å². The molecule has 3 aromatic rings. The monoisotopic (exact) mass is 779 g/mol. The Morgan fingerprint density at radius 3 is 2.51 bits per heavy atom. The number of rotatable bonds is 7. The molecular weight excluding hydrogens is 722 g/mol. The van der Waals surface area contributed by atoms with Crippen LogP contribution in [0.1, 0.15) is 79.6 Å². The summed E-state index contributed by atoms with van der Waals surface area (Å²) in [5.74, 6) is 2.39. The third kappa shape index (κ3) is 11.0. The number of benzene rings is 2. The molecule has 1 saturated carbocycles. The predicted molar refractivity (Wildman–Crippen MR) is 219 cm³/mol. The third-order valence-electron chi connectivity index (χ3n) is 11.8. The number of thiazole rings is 1. The lowest BCUT2D eigenvalue weighted by atomic mass is 9.66. The number of carbonyl (C=O) groups excluding carboxylic acids is 1. The highest BCUT2D eigenvalue weighted by Gasteiger charge is 2.38. The molecule has 3 aliphatic heterocycles. The minimum Gasteiger partial charge on any atom is -0.493 e. The highest BCUT2D eigenvalue weighted by molar-refractivity contribution is 7.84. The van der Waals surface area contributed by atoms with Gasteiger partial charge in [-0.2, -0.15) is 0 Å². The average Bonchev–Trinajstić information content (AvgIpc) is 3.65. The largest absolute Gasteiger partial charge is 0.493 e. The van der Waals surface area contributed by atoms with E-state index < -0.39 is 11.0 Å². The highest BCUT2D eigenvalue weighted by atomic mass is 35.5. The molecule has 1 N–H and O–H groups in total. The van der Waals surface area contributed by atoms with E-state index in [1.54, 1.807) is 23.5 Å². The number of fused-ring (bicyclic) bond motifs is 14. The summed E-state index contributed by atoms with van der Waals surface area (Å²) in [6.07, 6.45) is 10.2. The SMILES string of the molecule is CCCc1cc(Cl)ccc1C1COc2ccc(cc2)C(=O)NS(=O)C(C)C(C)C/C=C/C(CN2CCN(Cc3cscn3)CC2)C2CCC2CN(C)C1. The quantitative estimate of drug-likeness (QED) is 0.247. The first-order chi connectivity index (χ1) is 25.7. The predicted octanol–water partition coefficient (Wildman–Crippen LogP) is 7.68. The summed E-state index contributed by atoms with van der Waals surface area (Å²) in [7, 11) is 0.773. The zero-order chi connectivity index (χ0) is 37.3. The lowest BCUT2D eigenvalue weighted by Crippen LogP contribution is -2.49. The normalized spacial score (nSPS) is 29.3. The number of nitrogens with zero attached hydrogens (tertiary/aromatic N) is 4. The summed E-state index contributed by atoms with van der Waals surface area (Å²) >= 11 is 8.17. The third-order valence-corrected chi connectivity index (χ3v) is 14.2. The molecule has 7 rings (SSSR count). The topological polar surface area (TPSA) is 78.0 Å². The van der Waals surface area contributed by atoms with Gasteiger partial charge in [-0.25, -0.2) is 9.19 Å². The number of amides is 1. The number of hydrogen-bond donors (Lipinski definition) is 1. The fourth-order valence-corrected chi connectivity index (χ4v) is 10.0. The van der Waals surface area contributed by atoms with Gasteiger partial charge >= 0.3 is 0 Å². The molecule has 288 valence electrons. The molecule has 1 aromatic heterocycles. The summed E-state index contributed by atoms with van der Waals surface area (Å²) in [4.78, 5) is 25.4. The molecule has 2 bridgehead atoms. The van der Waals surface area contributed by atoms with E-state index in [0.29, 0.717) is 35.7 Å². The minimum atomic E-state index is -1.50. The van der Waals surface area contributed by atoms with Crippen LogP contribution in [0.2, 0.25) is 5.02 Å². The number of allylic oxidation sites excluding steroid dienone is 1. The van der Waals surface area contributed by atoms with Crippen molar-refractivity contribution in [3.05, 3.63) is 92.9 Å². The molecule has 8 nitrogen and oxygen atoms in total. The summed E-state index contributed by atoms with van der Waals surface area (Å²) in [5.41, 5.74) is 6.15. The van der Waals surface area contributed by atoms with Crippen LogP contribution in [0.5, 0.6) is 5.75 Å². The number of aryl methyl sites for hydroxylation is 1. The molecule has 4 aliphatic rings. The van der Waals surface area contributed by atoms with Crippen molar-refractivity contribution < 1.29 is 13.7 Å². The van der Waals surface area contributed by atoms with Gasteiger partial charge in [0.1, 0.15) is 16.7 Å². The van der Waals surface area contributed by atoms with Crippen molar-refractivity contribution in [2.75, 3.05) is 59.5 Å². The second-order valence-corrected chi connectivity index (χ2v) is 18.3. The van der Waals surface area contributed by atoms with Crippen LogP contribution in [0, 0.1) is 23.7 Å². The van der Waals surface area contributed by atoms with Crippen LogP contribution >= 0.6 is 22.9 Å². The molecule has 0 spiro atoms. The molecule has 1 aliphatic carbocycles. The zero-order valence-corrected chi connectivity index (χ0v) is 34.3. The van der Waals surface area contributed by atoms with Gasteiger partial charge in [0.2, 0.25) is 0 Å². The number of aromatic nitrogens is 1. The Hall–Kier alpha value is -2.60. The molecule has 2 fully saturated rings. The van der Waals surface area contributed by atoms with Crippen LogP contribution < -0.4 is 9.46 Å². The van der Waals surface area contributed by atoms with Gasteiger partial charge in [-0.05, 0) is 111 Å². The van der Waals surface area contributed by atoms with Crippen molar-refractivity contribution >= 4 is 39.8 Å². The lowest BCUT2D eigenvalue weighted by Gasteiger charge is -2.45. The van der Waals surface area contributed by atoms with E-state index >= 15 is 0 Å². The highest BCUT2D eigenvalue weighted by Crippen LogP contribution is 2.42. The number of likely N-dealkylation sites (N-methyl/N-ethyl adjacent to an activating group) is 1. The van der Waals surface area contributed by atoms with Crippen molar-refractivity contribution in [2.45, 2.75) is 70.6 Å². The molecule has 7 unspecified atom stereocenters. The standard InChI is InChI=1S/C42H58ClN5O3S2/c1-5-7-33-22-37(43)13-17-40(33)36-24-46(4)23-35-12-16-41(35)34(25-47-18-20-48(21-19-47)26-38-28-52-29-44-38)9-6-8-30(2)31(3)53(50)45-42(49)32-10-14-39(15-11-32)51-27-36/h6,9-11,13-15,17,22,28-31,34-36,41H,5,7-8,12,16,18-21,23-27H2,1-4H3,(H,45,49)/b9-6+. The molecule has 4 heterocycles. The van der Waals surface area contributed by atoms with E-state index in [0.717, 1.165) is 76.6 Å². The minimum absolute atomic E-state index is 0.149. The van der Waals surface area contributed by atoms with Crippen LogP contribution in [0.25, 0.3) is 0 Å². The maximum Gasteiger partial charge on any atom is 0.262 e. The molecule has 7 atom stereocenters. The van der Waals surface area contributed by atoms with E-state index in [1.807, 2.05) is 30.6 Å². The maximum absolute atomic E-state index is 13.3. The Kier molecular flexibility index (Phi) is 14.6. The second-order valence-electron chi connectivity index (χ2n) is 15.6. The number of piperazine rings is 1. The van der Waals surface area contributed by atoms with Gasteiger partial charge < -0.3 is 14.5 Å². The fourth-order valence-electron chi connectivity index (χ4n) is 8.26. The zero-order valence-electron chi connectivity index (χ0n) is 31.9. The molecular formula is C42H58ClN5O3S2. The van der Waals surface area contributed by atoms with Gasteiger partial charge in [-0.3, -0.25) is 14.4 Å². The molecule has 53 heavy (non-hydrogen) atoms. The van der Waals surface area contributed by atoms with Crippen LogP contribution in [-0.4, -0.2) is 94.5 Å². The van der Waals surface area contributed by atoms with E-state index in [2.05, 4.69) is 75.0 Å². The lowest BCUT2D eigenvalue weighted by molar-refractivity contribution is 0.0522. The van der Waals surface area contributed by atoms with E-state index in [9.17, 15) is 9.00 Å². The van der Waals surface area contributed by atoms with Gasteiger partial charge in [0.25, 0.3) is 5.91 Å². The van der Waals surface area contributed by atoms with Crippen molar-refractivity contribution in [1.82, 2.24) is 24.4 Å². The first-order valence-electron chi connectivity index (χ1n) is 19.6.